The zero-order valence-corrected chi connectivity index (χ0v) is 20.9. The normalized spacial score (nSPS) is 17.5. The molecule has 9 heteroatoms. The maximum absolute atomic E-state index is 13.6. The highest BCUT2D eigenvalue weighted by atomic mass is 19.2. The van der Waals surface area contributed by atoms with E-state index < -0.39 is 35.5 Å². The molecule has 0 unspecified atom stereocenters. The molecule has 0 bridgehead atoms. The van der Waals surface area contributed by atoms with Gasteiger partial charge in [0.05, 0.1) is 11.4 Å². The number of carbonyl (C=O) groups excluding carboxylic acids is 3. The lowest BCUT2D eigenvalue weighted by Crippen LogP contribution is -2.47. The number of para-hydroxylation sites is 1. The number of fused-ring (bicyclic) bond motifs is 2. The lowest BCUT2D eigenvalue weighted by molar-refractivity contribution is -0.129. The molecule has 0 saturated heterocycles. The predicted molar refractivity (Wildman–Crippen MR) is 140 cm³/mol. The SMILES string of the molecule is C[C@@H](Cc1ccc(F)c(F)c1)C(=O)N[C@H]1N=C(c2ccc3c(c2)CCC(=O)N3)c2ccccc2N(C)C1=O. The van der Waals surface area contributed by atoms with E-state index in [0.717, 1.165) is 34.5 Å². The van der Waals surface area contributed by atoms with Gasteiger partial charge in [-0.2, -0.15) is 0 Å². The maximum atomic E-state index is 13.6. The van der Waals surface area contributed by atoms with E-state index in [-0.39, 0.29) is 12.3 Å². The first-order valence-corrected chi connectivity index (χ1v) is 12.3. The molecule has 2 N–H and O–H groups in total. The topological polar surface area (TPSA) is 90.9 Å². The van der Waals surface area contributed by atoms with E-state index in [4.69, 9.17) is 4.99 Å². The number of nitrogens with zero attached hydrogens (tertiary/aromatic N) is 2. The van der Waals surface area contributed by atoms with Gasteiger partial charge in [0.25, 0.3) is 5.91 Å². The van der Waals surface area contributed by atoms with Crippen LogP contribution in [0.5, 0.6) is 0 Å². The van der Waals surface area contributed by atoms with E-state index in [1.165, 1.54) is 11.0 Å². The molecule has 0 fully saturated rings. The fourth-order valence-electron chi connectivity index (χ4n) is 4.77. The summed E-state index contributed by atoms with van der Waals surface area (Å²) in [6, 6.07) is 16.5. The number of likely N-dealkylation sites (N-methyl/N-ethyl adjacent to an activating group) is 1. The van der Waals surface area contributed by atoms with Crippen LogP contribution in [0.15, 0.2) is 65.7 Å². The Kier molecular flexibility index (Phi) is 6.75. The van der Waals surface area contributed by atoms with Crippen LogP contribution in [0.25, 0.3) is 0 Å². The molecule has 2 heterocycles. The Bertz CT molecular complexity index is 1490. The van der Waals surface area contributed by atoms with E-state index in [1.807, 2.05) is 42.5 Å². The van der Waals surface area contributed by atoms with Gasteiger partial charge in [0.15, 0.2) is 11.6 Å². The summed E-state index contributed by atoms with van der Waals surface area (Å²) < 4.78 is 26.9. The first kappa shape index (κ1) is 25.3. The summed E-state index contributed by atoms with van der Waals surface area (Å²) in [5.41, 5.74) is 4.85. The summed E-state index contributed by atoms with van der Waals surface area (Å²) in [5, 5.41) is 5.61. The van der Waals surface area contributed by atoms with E-state index in [0.29, 0.717) is 29.8 Å². The molecule has 0 spiro atoms. The molecular weight excluding hydrogens is 490 g/mol. The smallest absolute Gasteiger partial charge is 0.272 e. The fraction of sp³-hybridized carbons (Fsp3) is 0.241. The van der Waals surface area contributed by atoms with Crippen LogP contribution in [0.2, 0.25) is 0 Å². The Morgan fingerprint density at radius 3 is 2.66 bits per heavy atom. The number of benzodiazepines with no additional fused rings is 1. The predicted octanol–water partition coefficient (Wildman–Crippen LogP) is 3.98. The van der Waals surface area contributed by atoms with Gasteiger partial charge < -0.3 is 15.5 Å². The molecule has 2 atom stereocenters. The average molecular weight is 517 g/mol. The number of amides is 3. The van der Waals surface area contributed by atoms with Crippen molar-refractivity contribution in [1.82, 2.24) is 5.32 Å². The van der Waals surface area contributed by atoms with Gasteiger partial charge in [-0.25, -0.2) is 13.8 Å². The third kappa shape index (κ3) is 4.91. The zero-order valence-electron chi connectivity index (χ0n) is 20.9. The number of nitrogens with one attached hydrogen (secondary N) is 2. The Morgan fingerprint density at radius 2 is 1.87 bits per heavy atom. The van der Waals surface area contributed by atoms with Gasteiger partial charge in [-0.15, -0.1) is 0 Å². The van der Waals surface area contributed by atoms with Gasteiger partial charge >= 0.3 is 0 Å². The molecule has 194 valence electrons. The first-order valence-electron chi connectivity index (χ1n) is 12.3. The highest BCUT2D eigenvalue weighted by Crippen LogP contribution is 2.30. The van der Waals surface area contributed by atoms with Crippen molar-refractivity contribution in [2.75, 3.05) is 17.3 Å². The number of carbonyl (C=O) groups is 3. The molecule has 38 heavy (non-hydrogen) atoms. The molecule has 2 aliphatic rings. The number of halogens is 2. The van der Waals surface area contributed by atoms with Gasteiger partial charge in [-0.3, -0.25) is 14.4 Å². The summed E-state index contributed by atoms with van der Waals surface area (Å²) in [6.07, 6.45) is -0.0645. The highest BCUT2D eigenvalue weighted by Gasteiger charge is 2.32. The summed E-state index contributed by atoms with van der Waals surface area (Å²) in [5.74, 6) is -3.45. The van der Waals surface area contributed by atoms with Crippen molar-refractivity contribution in [1.29, 1.82) is 0 Å². The average Bonchev–Trinajstić information content (AvgIpc) is 3.01. The van der Waals surface area contributed by atoms with E-state index >= 15 is 0 Å². The number of benzene rings is 3. The minimum absolute atomic E-state index is 0.0325. The number of rotatable bonds is 5. The maximum Gasteiger partial charge on any atom is 0.272 e. The van der Waals surface area contributed by atoms with Gasteiger partial charge in [0.1, 0.15) is 0 Å². The van der Waals surface area contributed by atoms with Crippen LogP contribution < -0.4 is 15.5 Å². The van der Waals surface area contributed by atoms with Crippen molar-refractivity contribution in [3.8, 4) is 0 Å². The number of hydrogen-bond acceptors (Lipinski definition) is 4. The Morgan fingerprint density at radius 1 is 1.08 bits per heavy atom. The standard InChI is InChI=1S/C29H26F2N4O3/c1-16(13-17-7-10-21(30)22(31)14-17)28(37)34-27-29(38)35(2)24-6-4-3-5-20(24)26(33-27)19-8-11-23-18(15-19)9-12-25(36)32-23/h3-8,10-11,14-16,27H,9,12-13H2,1-2H3,(H,32,36)(H,34,37)/t16-,27+/m0/s1. The third-order valence-electron chi connectivity index (χ3n) is 6.87. The minimum atomic E-state index is -1.20. The third-order valence-corrected chi connectivity index (χ3v) is 6.87. The Balaban J connectivity index is 1.47. The Labute approximate surface area is 218 Å². The molecule has 7 nitrogen and oxygen atoms in total. The van der Waals surface area contributed by atoms with Crippen LogP contribution >= 0.6 is 0 Å². The van der Waals surface area contributed by atoms with Crippen molar-refractivity contribution in [2.24, 2.45) is 10.9 Å². The monoisotopic (exact) mass is 516 g/mol. The fourth-order valence-corrected chi connectivity index (χ4v) is 4.77. The van der Waals surface area contributed by atoms with Gasteiger partial charge in [0.2, 0.25) is 18.0 Å². The molecule has 3 amide bonds. The second kappa shape index (κ2) is 10.2. The minimum Gasteiger partial charge on any atom is -0.326 e. The summed E-state index contributed by atoms with van der Waals surface area (Å²) in [6.45, 7) is 1.65. The van der Waals surface area contributed by atoms with Crippen LogP contribution in [0.1, 0.15) is 35.6 Å². The number of hydrogen-bond donors (Lipinski definition) is 2. The van der Waals surface area contributed by atoms with Gasteiger partial charge in [-0.1, -0.05) is 37.3 Å². The molecule has 2 aliphatic heterocycles. The summed E-state index contributed by atoms with van der Waals surface area (Å²) >= 11 is 0. The van der Waals surface area contributed by atoms with Crippen LogP contribution in [0.4, 0.5) is 20.2 Å². The first-order chi connectivity index (χ1) is 18.2. The van der Waals surface area contributed by atoms with Gasteiger partial charge in [-0.05, 0) is 54.3 Å². The van der Waals surface area contributed by atoms with Crippen molar-refractivity contribution >= 4 is 34.8 Å². The van der Waals surface area contributed by atoms with E-state index in [9.17, 15) is 23.2 Å². The molecule has 5 rings (SSSR count). The molecular formula is C29H26F2N4O3. The molecule has 0 saturated carbocycles. The second-order valence-electron chi connectivity index (χ2n) is 9.58. The second-order valence-corrected chi connectivity index (χ2v) is 9.58. The van der Waals surface area contributed by atoms with E-state index in [2.05, 4.69) is 10.6 Å². The summed E-state index contributed by atoms with van der Waals surface area (Å²) in [7, 11) is 1.63. The lowest BCUT2D eigenvalue weighted by atomic mass is 9.95. The van der Waals surface area contributed by atoms with E-state index in [1.54, 1.807) is 14.0 Å². The quantitative estimate of drug-likeness (QED) is 0.538. The van der Waals surface area contributed by atoms with Crippen molar-refractivity contribution < 1.29 is 23.2 Å². The molecule has 3 aromatic carbocycles. The van der Waals surface area contributed by atoms with Crippen molar-refractivity contribution in [3.05, 3.63) is 94.6 Å². The Hall–Kier alpha value is -4.40. The van der Waals surface area contributed by atoms with Gasteiger partial charge in [0, 0.05) is 36.2 Å². The van der Waals surface area contributed by atoms with Crippen LogP contribution in [-0.4, -0.2) is 36.6 Å². The lowest BCUT2D eigenvalue weighted by Gasteiger charge is -2.22. The molecule has 0 aliphatic carbocycles. The summed E-state index contributed by atoms with van der Waals surface area (Å²) in [4.78, 5) is 44.5. The largest absolute Gasteiger partial charge is 0.326 e. The zero-order chi connectivity index (χ0) is 27.0. The van der Waals surface area contributed by atoms with Crippen LogP contribution in [-0.2, 0) is 27.2 Å². The molecule has 0 radical (unpaired) electrons. The van der Waals surface area contributed by atoms with Crippen molar-refractivity contribution in [2.45, 2.75) is 32.4 Å². The highest BCUT2D eigenvalue weighted by molar-refractivity contribution is 6.20. The molecule has 3 aromatic rings. The number of aliphatic imine (C=N–C) groups is 1. The van der Waals surface area contributed by atoms with Crippen LogP contribution in [0, 0.1) is 17.6 Å². The molecule has 0 aromatic heterocycles. The number of aryl methyl sites for hydroxylation is 1. The number of anilines is 2. The van der Waals surface area contributed by atoms with Crippen molar-refractivity contribution in [3.63, 3.8) is 0 Å². The van der Waals surface area contributed by atoms with Crippen LogP contribution in [0.3, 0.4) is 0 Å².